The Bertz CT molecular complexity index is 1480. The van der Waals surface area contributed by atoms with Crippen LogP contribution in [0.4, 0.5) is 0 Å². The van der Waals surface area contributed by atoms with Gasteiger partial charge >= 0.3 is 0 Å². The normalized spacial score (nSPS) is 15.0. The monoisotopic (exact) mass is 475 g/mol. The zero-order valence-electron chi connectivity index (χ0n) is 18.8. The van der Waals surface area contributed by atoms with Crippen LogP contribution < -0.4 is 4.74 Å². The number of amides is 1. The van der Waals surface area contributed by atoms with Crippen molar-refractivity contribution in [3.63, 3.8) is 0 Å². The maximum absolute atomic E-state index is 13.2. The summed E-state index contributed by atoms with van der Waals surface area (Å²) < 4.78 is 33.6. The quantitative estimate of drug-likeness (QED) is 0.441. The Morgan fingerprint density at radius 2 is 1.59 bits per heavy atom. The van der Waals surface area contributed by atoms with Crippen LogP contribution in [0.2, 0.25) is 0 Å². The number of hydrogen-bond donors (Lipinski definition) is 0. The molecule has 1 saturated heterocycles. The molecule has 4 aromatic rings. The summed E-state index contributed by atoms with van der Waals surface area (Å²) in [6, 6.07) is 22.4. The van der Waals surface area contributed by atoms with Gasteiger partial charge in [0.15, 0.2) is 6.61 Å². The Hall–Kier alpha value is -3.49. The smallest absolute Gasteiger partial charge is 0.260 e. The third-order valence-electron chi connectivity index (χ3n) is 6.12. The Morgan fingerprint density at radius 1 is 0.882 bits per heavy atom. The van der Waals surface area contributed by atoms with Crippen molar-refractivity contribution in [1.82, 2.24) is 14.2 Å². The van der Waals surface area contributed by atoms with Crippen LogP contribution in [0.3, 0.4) is 0 Å². The predicted molar refractivity (Wildman–Crippen MR) is 131 cm³/mol. The number of rotatable bonds is 5. The fourth-order valence-corrected chi connectivity index (χ4v) is 5.68. The average Bonchev–Trinajstić information content (AvgIpc) is 2.87. The topological polar surface area (TPSA) is 79.8 Å². The van der Waals surface area contributed by atoms with Crippen molar-refractivity contribution in [2.45, 2.75) is 11.8 Å². The number of hydrogen-bond acceptors (Lipinski definition) is 5. The second-order valence-corrected chi connectivity index (χ2v) is 10.3. The van der Waals surface area contributed by atoms with E-state index in [9.17, 15) is 13.2 Å². The maximum atomic E-state index is 13.2. The number of sulfonamides is 1. The zero-order chi connectivity index (χ0) is 23.7. The molecule has 2 heterocycles. The number of nitrogens with zero attached hydrogens (tertiary/aromatic N) is 3. The third kappa shape index (κ3) is 4.34. The first kappa shape index (κ1) is 22.3. The van der Waals surface area contributed by atoms with Crippen LogP contribution in [0.5, 0.6) is 5.75 Å². The van der Waals surface area contributed by atoms with Gasteiger partial charge in [-0.15, -0.1) is 0 Å². The largest absolute Gasteiger partial charge is 0.481 e. The van der Waals surface area contributed by atoms with Crippen LogP contribution in [-0.4, -0.2) is 61.3 Å². The lowest BCUT2D eigenvalue weighted by atomic mass is 10.1. The number of piperazine rings is 1. The summed E-state index contributed by atoms with van der Waals surface area (Å²) in [7, 11) is -3.63. The average molecular weight is 476 g/mol. The number of carbonyl (C=O) groups excluding carboxylic acids is 1. The molecule has 0 bridgehead atoms. The molecule has 1 aliphatic heterocycles. The van der Waals surface area contributed by atoms with Crippen molar-refractivity contribution < 1.29 is 17.9 Å². The number of ether oxygens (including phenoxy) is 1. The van der Waals surface area contributed by atoms with Gasteiger partial charge in [-0.25, -0.2) is 13.4 Å². The summed E-state index contributed by atoms with van der Waals surface area (Å²) in [5.41, 5.74) is 1.60. The van der Waals surface area contributed by atoms with E-state index in [1.54, 1.807) is 23.1 Å². The highest BCUT2D eigenvalue weighted by Gasteiger charge is 2.30. The summed E-state index contributed by atoms with van der Waals surface area (Å²) >= 11 is 0. The van der Waals surface area contributed by atoms with Gasteiger partial charge in [-0.1, -0.05) is 48.5 Å². The number of benzene rings is 3. The molecule has 0 atom stereocenters. The van der Waals surface area contributed by atoms with Crippen LogP contribution in [0.1, 0.15) is 5.69 Å². The third-order valence-corrected chi connectivity index (χ3v) is 8.02. The molecule has 1 aliphatic rings. The van der Waals surface area contributed by atoms with E-state index in [0.717, 1.165) is 27.4 Å². The highest BCUT2D eigenvalue weighted by atomic mass is 32.2. The lowest BCUT2D eigenvalue weighted by molar-refractivity contribution is -0.134. The highest BCUT2D eigenvalue weighted by molar-refractivity contribution is 7.89. The molecule has 0 N–H and O–H groups in total. The van der Waals surface area contributed by atoms with E-state index in [1.165, 1.54) is 4.31 Å². The molecule has 1 fully saturated rings. The van der Waals surface area contributed by atoms with Gasteiger partial charge in [-0.2, -0.15) is 4.31 Å². The van der Waals surface area contributed by atoms with Crippen molar-refractivity contribution in [2.75, 3.05) is 32.8 Å². The first-order valence-electron chi connectivity index (χ1n) is 11.2. The van der Waals surface area contributed by atoms with Crippen molar-refractivity contribution in [2.24, 2.45) is 0 Å². The van der Waals surface area contributed by atoms with E-state index in [1.807, 2.05) is 61.5 Å². The zero-order valence-corrected chi connectivity index (χ0v) is 19.7. The van der Waals surface area contributed by atoms with Gasteiger partial charge in [0.2, 0.25) is 10.0 Å². The Kier molecular flexibility index (Phi) is 5.93. The van der Waals surface area contributed by atoms with Gasteiger partial charge in [0.1, 0.15) is 11.3 Å². The molecule has 1 amide bonds. The van der Waals surface area contributed by atoms with Crippen LogP contribution in [0, 0.1) is 6.92 Å². The van der Waals surface area contributed by atoms with Crippen LogP contribution in [0.25, 0.3) is 21.7 Å². The van der Waals surface area contributed by atoms with Gasteiger partial charge in [-0.05, 0) is 42.0 Å². The van der Waals surface area contributed by atoms with E-state index >= 15 is 0 Å². The number of para-hydroxylation sites is 1. The molecule has 8 heteroatoms. The molecule has 5 rings (SSSR count). The van der Waals surface area contributed by atoms with Crippen LogP contribution >= 0.6 is 0 Å². The molecule has 0 saturated carbocycles. The van der Waals surface area contributed by atoms with Gasteiger partial charge < -0.3 is 9.64 Å². The second kappa shape index (κ2) is 9.04. The Labute approximate surface area is 198 Å². The number of carbonyl (C=O) groups is 1. The number of pyridine rings is 1. The molecule has 0 unspecified atom stereocenters. The first-order chi connectivity index (χ1) is 16.4. The van der Waals surface area contributed by atoms with E-state index in [2.05, 4.69) is 4.98 Å². The molecular weight excluding hydrogens is 450 g/mol. The summed E-state index contributed by atoms with van der Waals surface area (Å²) in [5.74, 6) is 0.388. The number of aryl methyl sites for hydroxylation is 1. The fourth-order valence-electron chi connectivity index (χ4n) is 4.22. The number of fused-ring (bicyclic) bond motifs is 2. The molecule has 0 radical (unpaired) electrons. The van der Waals surface area contributed by atoms with Gasteiger partial charge in [0.05, 0.1) is 4.90 Å². The Balaban J connectivity index is 1.22. The van der Waals surface area contributed by atoms with Crippen molar-refractivity contribution >= 4 is 37.6 Å². The van der Waals surface area contributed by atoms with Crippen LogP contribution in [0.15, 0.2) is 77.7 Å². The molecule has 1 aromatic heterocycles. The lowest BCUT2D eigenvalue weighted by Crippen LogP contribution is -2.51. The minimum absolute atomic E-state index is 0.119. The van der Waals surface area contributed by atoms with Crippen molar-refractivity contribution in [3.8, 4) is 5.75 Å². The van der Waals surface area contributed by atoms with E-state index in [0.29, 0.717) is 18.8 Å². The SMILES string of the molecule is Cc1ccc2cccc(OCC(=O)N3CCN(S(=O)(=O)c4ccc5ccccc5c4)CC3)c2n1. The number of aromatic nitrogens is 1. The second-order valence-electron chi connectivity index (χ2n) is 8.36. The maximum Gasteiger partial charge on any atom is 0.260 e. The summed E-state index contributed by atoms with van der Waals surface area (Å²) in [6.07, 6.45) is 0. The molecule has 174 valence electrons. The summed E-state index contributed by atoms with van der Waals surface area (Å²) in [6.45, 7) is 2.93. The lowest BCUT2D eigenvalue weighted by Gasteiger charge is -2.34. The first-order valence-corrected chi connectivity index (χ1v) is 12.6. The Morgan fingerprint density at radius 3 is 2.38 bits per heavy atom. The molecule has 0 aliphatic carbocycles. The van der Waals surface area contributed by atoms with E-state index in [-0.39, 0.29) is 30.5 Å². The molecule has 7 nitrogen and oxygen atoms in total. The summed E-state index contributed by atoms with van der Waals surface area (Å²) in [5, 5.41) is 2.82. The fraction of sp³-hybridized carbons (Fsp3) is 0.231. The van der Waals surface area contributed by atoms with E-state index < -0.39 is 10.0 Å². The van der Waals surface area contributed by atoms with E-state index in [4.69, 9.17) is 4.74 Å². The molecule has 34 heavy (non-hydrogen) atoms. The van der Waals surface area contributed by atoms with Gasteiger partial charge in [0.25, 0.3) is 5.91 Å². The predicted octanol–water partition coefficient (Wildman–Crippen LogP) is 3.61. The van der Waals surface area contributed by atoms with Crippen molar-refractivity contribution in [3.05, 3.63) is 78.5 Å². The molecule has 0 spiro atoms. The molecular formula is C26H25N3O4S. The summed E-state index contributed by atoms with van der Waals surface area (Å²) in [4.78, 5) is 19.2. The minimum Gasteiger partial charge on any atom is -0.481 e. The van der Waals surface area contributed by atoms with Crippen LogP contribution in [-0.2, 0) is 14.8 Å². The molecule has 3 aromatic carbocycles. The highest BCUT2D eigenvalue weighted by Crippen LogP contribution is 2.25. The standard InChI is InChI=1S/C26H25N3O4S/c1-19-9-10-21-7-4-8-24(26(21)27-19)33-18-25(30)28-13-15-29(16-14-28)34(31,32)23-12-11-20-5-2-3-6-22(20)17-23/h2-12,17H,13-16,18H2,1H3. The minimum atomic E-state index is -3.63. The van der Waals surface area contributed by atoms with Gasteiger partial charge in [0, 0.05) is 37.3 Å². The van der Waals surface area contributed by atoms with Gasteiger partial charge in [-0.3, -0.25) is 4.79 Å². The van der Waals surface area contributed by atoms with Crippen molar-refractivity contribution in [1.29, 1.82) is 0 Å².